The van der Waals surface area contributed by atoms with Gasteiger partial charge in [-0.3, -0.25) is 4.79 Å². The number of hydrogen-bond donors (Lipinski definition) is 1. The van der Waals surface area contributed by atoms with E-state index in [1.54, 1.807) is 18.3 Å². The summed E-state index contributed by atoms with van der Waals surface area (Å²) >= 11 is 6.02. The normalized spacial score (nSPS) is 26.3. The minimum atomic E-state index is -0.0279. The molecule has 0 saturated heterocycles. The lowest BCUT2D eigenvalue weighted by molar-refractivity contribution is -0.118. The maximum atomic E-state index is 13.3. The van der Waals surface area contributed by atoms with Gasteiger partial charge in [-0.2, -0.15) is 0 Å². The number of hydrogen-bond acceptors (Lipinski definition) is 5. The van der Waals surface area contributed by atoms with Gasteiger partial charge in [0.15, 0.2) is 5.78 Å². The first-order valence-electron chi connectivity index (χ1n) is 11.1. The van der Waals surface area contributed by atoms with Gasteiger partial charge in [0, 0.05) is 16.9 Å². The molecule has 2 saturated carbocycles. The van der Waals surface area contributed by atoms with Gasteiger partial charge < -0.3 is 9.84 Å². The van der Waals surface area contributed by atoms with Crippen molar-refractivity contribution < 1.29 is 14.6 Å². The van der Waals surface area contributed by atoms with Crippen LogP contribution in [0.3, 0.4) is 0 Å². The van der Waals surface area contributed by atoms with Crippen molar-refractivity contribution >= 4 is 34.0 Å². The Kier molecular flexibility index (Phi) is 4.34. The highest BCUT2D eigenvalue weighted by atomic mass is 35.5. The molecule has 0 unspecified atom stereocenters. The lowest BCUT2D eigenvalue weighted by Crippen LogP contribution is -2.24. The third-order valence-electron chi connectivity index (χ3n) is 7.50. The number of halogens is 1. The standard InChI is InChI=1S/C26H23ClN2O3/c1-12-7-17(32-20-11-28-19-10-16(27)5-6-18(19)29-20)8-13(2)21(12)24-25(30)22-14-3-4-15(9-14)23(22)26(24)31/h5-8,10-11,14-15,22-23,30H,3-4,9H2,1-2H3/t14-,15+,22-,23+/m0/s1. The van der Waals surface area contributed by atoms with Crippen LogP contribution in [-0.2, 0) is 4.79 Å². The number of fused-ring (bicyclic) bond motifs is 6. The monoisotopic (exact) mass is 446 g/mol. The topological polar surface area (TPSA) is 72.3 Å². The molecule has 3 aromatic rings. The lowest BCUT2D eigenvalue weighted by Gasteiger charge is -2.23. The van der Waals surface area contributed by atoms with Crippen LogP contribution in [0, 0.1) is 37.5 Å². The van der Waals surface area contributed by atoms with Gasteiger partial charge in [-0.15, -0.1) is 0 Å². The number of aryl methyl sites for hydroxylation is 2. The molecule has 1 heterocycles. The van der Waals surface area contributed by atoms with Crippen molar-refractivity contribution in [1.29, 1.82) is 0 Å². The summed E-state index contributed by atoms with van der Waals surface area (Å²) in [5, 5.41) is 11.7. The van der Waals surface area contributed by atoms with Gasteiger partial charge in [-0.25, -0.2) is 9.97 Å². The van der Waals surface area contributed by atoms with E-state index in [2.05, 4.69) is 9.97 Å². The Labute approximate surface area is 191 Å². The molecule has 2 bridgehead atoms. The van der Waals surface area contributed by atoms with Crippen LogP contribution in [0.15, 0.2) is 42.3 Å². The van der Waals surface area contributed by atoms with E-state index in [1.807, 2.05) is 32.0 Å². The number of aliphatic hydroxyl groups is 1. The van der Waals surface area contributed by atoms with Gasteiger partial charge in [0.05, 0.1) is 22.8 Å². The molecule has 6 heteroatoms. The average molecular weight is 447 g/mol. The van der Waals surface area contributed by atoms with Crippen molar-refractivity contribution in [3.63, 3.8) is 0 Å². The number of Topliss-reactive ketones (excluding diaryl/α,β-unsaturated/α-hetero) is 1. The minimum Gasteiger partial charge on any atom is -0.511 e. The molecule has 6 rings (SSSR count). The fraction of sp³-hybridized carbons (Fsp3) is 0.346. The summed E-state index contributed by atoms with van der Waals surface area (Å²) in [6.45, 7) is 3.92. The third kappa shape index (κ3) is 2.87. The van der Waals surface area contributed by atoms with Crippen LogP contribution in [0.2, 0.25) is 5.02 Å². The Morgan fingerprint density at radius 2 is 1.75 bits per heavy atom. The second-order valence-corrected chi connectivity index (χ2v) is 9.82. The zero-order valence-electron chi connectivity index (χ0n) is 17.9. The zero-order chi connectivity index (χ0) is 22.1. The van der Waals surface area contributed by atoms with Crippen molar-refractivity contribution in [3.8, 4) is 11.6 Å². The second-order valence-electron chi connectivity index (χ2n) is 9.38. The number of allylic oxidation sites excluding steroid dienone is 2. The highest BCUT2D eigenvalue weighted by molar-refractivity contribution is 6.31. The zero-order valence-corrected chi connectivity index (χ0v) is 18.7. The van der Waals surface area contributed by atoms with Gasteiger partial charge in [0.2, 0.25) is 5.88 Å². The first-order chi connectivity index (χ1) is 15.4. The Morgan fingerprint density at radius 1 is 1.03 bits per heavy atom. The van der Waals surface area contributed by atoms with Crippen LogP contribution < -0.4 is 4.74 Å². The molecule has 32 heavy (non-hydrogen) atoms. The molecular weight excluding hydrogens is 424 g/mol. The number of nitrogens with zero attached hydrogens (tertiary/aromatic N) is 2. The predicted molar refractivity (Wildman–Crippen MR) is 123 cm³/mol. The fourth-order valence-electron chi connectivity index (χ4n) is 6.29. The first kappa shape index (κ1) is 19.7. The molecule has 2 aromatic carbocycles. The van der Waals surface area contributed by atoms with Crippen molar-refractivity contribution in [2.45, 2.75) is 33.1 Å². The summed E-state index contributed by atoms with van der Waals surface area (Å²) in [7, 11) is 0. The van der Waals surface area contributed by atoms with Crippen LogP contribution in [0.4, 0.5) is 0 Å². The minimum absolute atomic E-state index is 0.0207. The molecule has 5 nitrogen and oxygen atoms in total. The quantitative estimate of drug-likeness (QED) is 0.518. The van der Waals surface area contributed by atoms with E-state index < -0.39 is 0 Å². The summed E-state index contributed by atoms with van der Waals surface area (Å²) in [6.07, 6.45) is 4.90. The van der Waals surface area contributed by atoms with Crippen molar-refractivity contribution in [2.24, 2.45) is 23.7 Å². The van der Waals surface area contributed by atoms with Crippen molar-refractivity contribution in [2.75, 3.05) is 0 Å². The van der Waals surface area contributed by atoms with Gasteiger partial charge in [-0.05, 0) is 92.0 Å². The Balaban J connectivity index is 1.34. The molecule has 0 spiro atoms. The van der Waals surface area contributed by atoms with Crippen LogP contribution in [0.5, 0.6) is 11.6 Å². The van der Waals surface area contributed by atoms with E-state index in [9.17, 15) is 9.90 Å². The number of aromatic nitrogens is 2. The van der Waals surface area contributed by atoms with Crippen LogP contribution in [0.1, 0.15) is 36.0 Å². The van der Waals surface area contributed by atoms with Gasteiger partial charge >= 0.3 is 0 Å². The Morgan fingerprint density at radius 3 is 2.47 bits per heavy atom. The number of carbonyl (C=O) groups is 1. The van der Waals surface area contributed by atoms with Crippen LogP contribution in [-0.4, -0.2) is 20.9 Å². The molecule has 1 aromatic heterocycles. The van der Waals surface area contributed by atoms with Crippen LogP contribution >= 0.6 is 11.6 Å². The summed E-state index contributed by atoms with van der Waals surface area (Å²) < 4.78 is 6.00. The van der Waals surface area contributed by atoms with E-state index in [1.165, 1.54) is 0 Å². The molecule has 0 radical (unpaired) electrons. The van der Waals surface area contributed by atoms with Gasteiger partial charge in [0.25, 0.3) is 0 Å². The maximum absolute atomic E-state index is 13.3. The second kappa shape index (κ2) is 7.04. The fourth-order valence-corrected chi connectivity index (χ4v) is 6.45. The molecular formula is C26H23ClN2O3. The Bertz CT molecular complexity index is 1310. The number of benzene rings is 2. The number of ether oxygens (including phenoxy) is 1. The maximum Gasteiger partial charge on any atom is 0.238 e. The average Bonchev–Trinajstić information content (AvgIpc) is 3.43. The molecule has 3 aliphatic carbocycles. The molecule has 1 N–H and O–H groups in total. The van der Waals surface area contributed by atoms with E-state index in [-0.39, 0.29) is 17.6 Å². The number of rotatable bonds is 3. The molecule has 0 amide bonds. The molecule has 4 atom stereocenters. The van der Waals surface area contributed by atoms with E-state index in [0.717, 1.165) is 36.0 Å². The number of aliphatic hydroxyl groups excluding tert-OH is 1. The van der Waals surface area contributed by atoms with Crippen LogP contribution in [0.25, 0.3) is 16.6 Å². The molecule has 0 aliphatic heterocycles. The van der Waals surface area contributed by atoms with Gasteiger partial charge in [0.1, 0.15) is 11.5 Å². The van der Waals surface area contributed by atoms with E-state index >= 15 is 0 Å². The summed E-state index contributed by atoms with van der Waals surface area (Å²) in [5.74, 6) is 2.32. The Hall–Kier alpha value is -2.92. The molecule has 3 aliphatic rings. The summed E-state index contributed by atoms with van der Waals surface area (Å²) in [4.78, 5) is 22.2. The largest absolute Gasteiger partial charge is 0.511 e. The van der Waals surface area contributed by atoms with Crippen molar-refractivity contribution in [1.82, 2.24) is 9.97 Å². The SMILES string of the molecule is Cc1cc(Oc2cnc3cc(Cl)ccc3n2)cc(C)c1C1=C(O)[C@H]2[C@H]3CC[C@H](C3)[C@H]2C1=O. The molecule has 2 fully saturated rings. The van der Waals surface area contributed by atoms with Gasteiger partial charge in [-0.1, -0.05) is 11.6 Å². The lowest BCUT2D eigenvalue weighted by atomic mass is 9.80. The summed E-state index contributed by atoms with van der Waals surface area (Å²) in [6, 6.07) is 9.13. The van der Waals surface area contributed by atoms with Crippen molar-refractivity contribution in [3.05, 3.63) is 64.0 Å². The van der Waals surface area contributed by atoms with E-state index in [0.29, 0.717) is 50.9 Å². The highest BCUT2D eigenvalue weighted by Gasteiger charge is 2.57. The highest BCUT2D eigenvalue weighted by Crippen LogP contribution is 2.60. The smallest absolute Gasteiger partial charge is 0.238 e. The first-order valence-corrected chi connectivity index (χ1v) is 11.5. The summed E-state index contributed by atoms with van der Waals surface area (Å²) in [5.41, 5.74) is 4.58. The predicted octanol–water partition coefficient (Wildman–Crippen LogP) is 6.21. The number of ketones is 1. The third-order valence-corrected chi connectivity index (χ3v) is 7.73. The molecule has 162 valence electrons. The van der Waals surface area contributed by atoms with E-state index in [4.69, 9.17) is 16.3 Å². The number of carbonyl (C=O) groups excluding carboxylic acids is 1.